The Hall–Kier alpha value is -0.920. The average Bonchev–Trinajstić information content (AvgIpc) is 2.47. The molecule has 1 fully saturated rings. The number of nitrogens with zero attached hydrogens (tertiary/aromatic N) is 2. The maximum Gasteiger partial charge on any atom is 0.243 e. The summed E-state index contributed by atoms with van der Waals surface area (Å²) >= 11 is 3.24. The highest BCUT2D eigenvalue weighted by Crippen LogP contribution is 2.18. The monoisotopic (exact) mass is 360 g/mol. The first kappa shape index (κ1) is 15.5. The molecule has 1 aromatic rings. The SMILES string of the molecule is CC(Br)C(=O)N1CCN(S(=O)(=O)c2ccccc2)CC1. The highest BCUT2D eigenvalue weighted by Gasteiger charge is 2.30. The van der Waals surface area contributed by atoms with Crippen LogP contribution in [0.15, 0.2) is 35.2 Å². The van der Waals surface area contributed by atoms with Crippen molar-refractivity contribution in [1.82, 2.24) is 9.21 Å². The molecule has 1 atom stereocenters. The van der Waals surface area contributed by atoms with Crippen molar-refractivity contribution in [2.75, 3.05) is 26.2 Å². The lowest BCUT2D eigenvalue weighted by Gasteiger charge is -2.34. The molecule has 1 aliphatic rings. The van der Waals surface area contributed by atoms with Gasteiger partial charge < -0.3 is 4.90 Å². The summed E-state index contributed by atoms with van der Waals surface area (Å²) in [6.07, 6.45) is 0. The lowest BCUT2D eigenvalue weighted by molar-refractivity contribution is -0.131. The zero-order valence-corrected chi connectivity index (χ0v) is 13.6. The standard InChI is InChI=1S/C13H17BrN2O3S/c1-11(14)13(17)15-7-9-16(10-8-15)20(18,19)12-5-3-2-4-6-12/h2-6,11H,7-10H2,1H3. The first-order chi connectivity index (χ1) is 9.43. The molecule has 0 spiro atoms. The van der Waals surface area contributed by atoms with E-state index in [-0.39, 0.29) is 10.7 Å². The molecule has 0 aromatic heterocycles. The number of hydrogen-bond donors (Lipinski definition) is 0. The second-order valence-electron chi connectivity index (χ2n) is 4.66. The van der Waals surface area contributed by atoms with Gasteiger partial charge >= 0.3 is 0 Å². The summed E-state index contributed by atoms with van der Waals surface area (Å²) in [4.78, 5) is 13.6. The quantitative estimate of drug-likeness (QED) is 0.763. The number of carbonyl (C=O) groups is 1. The van der Waals surface area contributed by atoms with Crippen molar-refractivity contribution >= 4 is 31.9 Å². The van der Waals surface area contributed by atoms with Crippen LogP contribution in [-0.4, -0.2) is 54.5 Å². The largest absolute Gasteiger partial charge is 0.339 e. The van der Waals surface area contributed by atoms with Crippen LogP contribution < -0.4 is 0 Å². The number of rotatable bonds is 3. The van der Waals surface area contributed by atoms with Crippen molar-refractivity contribution in [2.45, 2.75) is 16.6 Å². The van der Waals surface area contributed by atoms with Gasteiger partial charge in [-0.1, -0.05) is 34.1 Å². The van der Waals surface area contributed by atoms with E-state index in [0.29, 0.717) is 31.1 Å². The third-order valence-corrected chi connectivity index (χ3v) is 5.58. The molecule has 20 heavy (non-hydrogen) atoms. The van der Waals surface area contributed by atoms with Crippen LogP contribution in [0.2, 0.25) is 0 Å². The number of sulfonamides is 1. The summed E-state index contributed by atoms with van der Waals surface area (Å²) in [7, 11) is -3.45. The van der Waals surface area contributed by atoms with Gasteiger partial charge in [-0.25, -0.2) is 8.42 Å². The van der Waals surface area contributed by atoms with Gasteiger partial charge in [0.1, 0.15) is 0 Å². The van der Waals surface area contributed by atoms with Crippen molar-refractivity contribution in [3.05, 3.63) is 30.3 Å². The Balaban J connectivity index is 2.06. The number of halogens is 1. The second kappa shape index (κ2) is 6.24. The normalized spacial score (nSPS) is 18.8. The van der Waals surface area contributed by atoms with Gasteiger partial charge in [0.05, 0.1) is 9.72 Å². The van der Waals surface area contributed by atoms with Gasteiger partial charge in [-0.05, 0) is 19.1 Å². The minimum atomic E-state index is -3.45. The van der Waals surface area contributed by atoms with Crippen LogP contribution in [0.3, 0.4) is 0 Å². The fraction of sp³-hybridized carbons (Fsp3) is 0.462. The van der Waals surface area contributed by atoms with Crippen LogP contribution in [-0.2, 0) is 14.8 Å². The van der Waals surface area contributed by atoms with E-state index >= 15 is 0 Å². The van der Waals surface area contributed by atoms with Gasteiger partial charge in [0.15, 0.2) is 0 Å². The van der Waals surface area contributed by atoms with Crippen molar-refractivity contribution in [2.24, 2.45) is 0 Å². The van der Waals surface area contributed by atoms with Gasteiger partial charge in [-0.2, -0.15) is 4.31 Å². The smallest absolute Gasteiger partial charge is 0.243 e. The maximum absolute atomic E-state index is 12.4. The molecular weight excluding hydrogens is 344 g/mol. The summed E-state index contributed by atoms with van der Waals surface area (Å²) in [5, 5.41) is 0. The third kappa shape index (κ3) is 3.21. The van der Waals surface area contributed by atoms with Crippen LogP contribution >= 0.6 is 15.9 Å². The molecule has 7 heteroatoms. The Kier molecular flexibility index (Phi) is 4.82. The number of amides is 1. The first-order valence-electron chi connectivity index (χ1n) is 6.41. The lowest BCUT2D eigenvalue weighted by Crippen LogP contribution is -2.51. The Labute approximate surface area is 127 Å². The summed E-state index contributed by atoms with van der Waals surface area (Å²) in [5.74, 6) is 0.00163. The van der Waals surface area contributed by atoms with Gasteiger partial charge in [-0.15, -0.1) is 0 Å². The minimum Gasteiger partial charge on any atom is -0.339 e. The van der Waals surface area contributed by atoms with E-state index in [1.165, 1.54) is 4.31 Å². The van der Waals surface area contributed by atoms with Crippen molar-refractivity contribution in [1.29, 1.82) is 0 Å². The predicted molar refractivity (Wildman–Crippen MR) is 80.2 cm³/mol. The predicted octanol–water partition coefficient (Wildman–Crippen LogP) is 1.30. The average molecular weight is 361 g/mol. The zero-order chi connectivity index (χ0) is 14.8. The lowest BCUT2D eigenvalue weighted by atomic mass is 10.3. The Bertz CT molecular complexity index is 567. The molecule has 5 nitrogen and oxygen atoms in total. The summed E-state index contributed by atoms with van der Waals surface area (Å²) < 4.78 is 26.3. The number of piperazine rings is 1. The molecule has 1 saturated heterocycles. The Morgan fingerprint density at radius 1 is 1.15 bits per heavy atom. The minimum absolute atomic E-state index is 0.00163. The topological polar surface area (TPSA) is 57.7 Å². The fourth-order valence-electron chi connectivity index (χ4n) is 2.14. The van der Waals surface area contributed by atoms with Gasteiger partial charge in [0.2, 0.25) is 15.9 Å². The van der Waals surface area contributed by atoms with E-state index in [9.17, 15) is 13.2 Å². The highest BCUT2D eigenvalue weighted by molar-refractivity contribution is 9.10. The molecule has 0 aliphatic carbocycles. The van der Waals surface area contributed by atoms with Crippen molar-refractivity contribution in [3.8, 4) is 0 Å². The molecule has 1 unspecified atom stereocenters. The molecule has 1 amide bonds. The fourth-order valence-corrected chi connectivity index (χ4v) is 3.87. The van der Waals surface area contributed by atoms with Gasteiger partial charge in [0, 0.05) is 26.2 Å². The number of benzene rings is 1. The molecular formula is C13H17BrN2O3S. The molecule has 0 bridgehead atoms. The molecule has 0 N–H and O–H groups in total. The molecule has 0 saturated carbocycles. The van der Waals surface area contributed by atoms with E-state index in [0.717, 1.165) is 0 Å². The highest BCUT2D eigenvalue weighted by atomic mass is 79.9. The maximum atomic E-state index is 12.4. The third-order valence-electron chi connectivity index (χ3n) is 3.27. The van der Waals surface area contributed by atoms with E-state index in [1.807, 2.05) is 0 Å². The van der Waals surface area contributed by atoms with E-state index in [1.54, 1.807) is 42.2 Å². The summed E-state index contributed by atoms with van der Waals surface area (Å²) in [6, 6.07) is 8.38. The summed E-state index contributed by atoms with van der Waals surface area (Å²) in [5.41, 5.74) is 0. The molecule has 1 aromatic carbocycles. The van der Waals surface area contributed by atoms with Crippen LogP contribution in [0.25, 0.3) is 0 Å². The molecule has 0 radical (unpaired) electrons. The van der Waals surface area contributed by atoms with Crippen LogP contribution in [0.1, 0.15) is 6.92 Å². The Morgan fingerprint density at radius 2 is 1.70 bits per heavy atom. The van der Waals surface area contributed by atoms with E-state index < -0.39 is 10.0 Å². The zero-order valence-electron chi connectivity index (χ0n) is 11.2. The summed E-state index contributed by atoms with van der Waals surface area (Å²) in [6.45, 7) is 3.31. The van der Waals surface area contributed by atoms with Crippen LogP contribution in [0.4, 0.5) is 0 Å². The van der Waals surface area contributed by atoms with Crippen molar-refractivity contribution < 1.29 is 13.2 Å². The number of hydrogen-bond acceptors (Lipinski definition) is 3. The van der Waals surface area contributed by atoms with Crippen LogP contribution in [0, 0.1) is 0 Å². The molecule has 1 heterocycles. The van der Waals surface area contributed by atoms with E-state index in [4.69, 9.17) is 0 Å². The van der Waals surface area contributed by atoms with Gasteiger partial charge in [0.25, 0.3) is 0 Å². The Morgan fingerprint density at radius 3 is 2.20 bits per heavy atom. The van der Waals surface area contributed by atoms with Crippen molar-refractivity contribution in [3.63, 3.8) is 0 Å². The number of alkyl halides is 1. The second-order valence-corrected chi connectivity index (χ2v) is 7.97. The van der Waals surface area contributed by atoms with Crippen LogP contribution in [0.5, 0.6) is 0 Å². The molecule has 110 valence electrons. The van der Waals surface area contributed by atoms with E-state index in [2.05, 4.69) is 15.9 Å². The number of carbonyl (C=O) groups excluding carboxylic acids is 1. The van der Waals surface area contributed by atoms with Gasteiger partial charge in [-0.3, -0.25) is 4.79 Å². The first-order valence-corrected chi connectivity index (χ1v) is 8.76. The molecule has 1 aliphatic heterocycles. The molecule has 2 rings (SSSR count).